The third kappa shape index (κ3) is 8.10. The summed E-state index contributed by atoms with van der Waals surface area (Å²) in [5.74, 6) is 1.21. The number of carbonyl (C=O) groups is 1. The van der Waals surface area contributed by atoms with Gasteiger partial charge in [-0.25, -0.2) is 4.79 Å². The van der Waals surface area contributed by atoms with Crippen LogP contribution in [0.4, 0.5) is 4.79 Å². The minimum Gasteiger partial charge on any atom is -0.465 e. The summed E-state index contributed by atoms with van der Waals surface area (Å²) in [4.78, 5) is 23.0. The molecule has 0 spiro atoms. The lowest BCUT2D eigenvalue weighted by atomic mass is 9.87. The standard InChI is InChI=1S/C36H55N3O5Si/c1-23(21-43-45(11,12)36(7,8)9)31-28-20-27(26-15-17-39(18-16-26)34(40)44-35(4,5)6)13-14-30(28)38-32(31)29-19-24(2)37-25(3)33(29)42-22-41-10/h13-14,19-20,23,26,38H,15-18,21-22H2,1-12H3. The molecule has 2 aromatic heterocycles. The molecule has 0 radical (unpaired) electrons. The molecule has 1 atom stereocenters. The predicted molar refractivity (Wildman–Crippen MR) is 185 cm³/mol. The number of benzene rings is 1. The minimum atomic E-state index is -1.96. The van der Waals surface area contributed by atoms with E-state index in [2.05, 4.69) is 70.0 Å². The van der Waals surface area contributed by atoms with E-state index in [-0.39, 0.29) is 23.8 Å². The molecule has 1 N–H and O–H groups in total. The number of aromatic nitrogens is 2. The maximum atomic E-state index is 12.7. The highest BCUT2D eigenvalue weighted by Crippen LogP contribution is 2.43. The van der Waals surface area contributed by atoms with Gasteiger partial charge in [0.15, 0.2) is 20.9 Å². The summed E-state index contributed by atoms with van der Waals surface area (Å²) in [6, 6.07) is 8.90. The van der Waals surface area contributed by atoms with E-state index < -0.39 is 13.9 Å². The van der Waals surface area contributed by atoms with Crippen molar-refractivity contribution in [1.29, 1.82) is 0 Å². The Bertz CT molecular complexity index is 1490. The Labute approximate surface area is 271 Å². The Morgan fingerprint density at radius 2 is 1.76 bits per heavy atom. The smallest absolute Gasteiger partial charge is 0.410 e. The highest BCUT2D eigenvalue weighted by Gasteiger charge is 2.38. The number of aryl methyl sites for hydroxylation is 2. The molecule has 0 saturated carbocycles. The number of hydrogen-bond donors (Lipinski definition) is 1. The van der Waals surface area contributed by atoms with Crippen molar-refractivity contribution >= 4 is 25.3 Å². The van der Waals surface area contributed by atoms with Gasteiger partial charge in [0.1, 0.15) is 5.60 Å². The lowest BCUT2D eigenvalue weighted by Gasteiger charge is -2.37. The Morgan fingerprint density at radius 3 is 2.36 bits per heavy atom. The molecule has 3 heterocycles. The van der Waals surface area contributed by atoms with E-state index in [9.17, 15) is 4.79 Å². The number of amides is 1. The number of likely N-dealkylation sites (tertiary alicyclic amines) is 1. The van der Waals surface area contributed by atoms with Crippen LogP contribution in [0.3, 0.4) is 0 Å². The number of aromatic amines is 1. The average molecular weight is 638 g/mol. The molecule has 1 aliphatic rings. The van der Waals surface area contributed by atoms with Gasteiger partial charge in [-0.2, -0.15) is 0 Å². The van der Waals surface area contributed by atoms with Gasteiger partial charge in [0, 0.05) is 54.9 Å². The van der Waals surface area contributed by atoms with Crippen molar-refractivity contribution in [3.8, 4) is 17.0 Å². The van der Waals surface area contributed by atoms with Crippen molar-refractivity contribution in [3.63, 3.8) is 0 Å². The van der Waals surface area contributed by atoms with E-state index >= 15 is 0 Å². The number of methoxy groups -OCH3 is 1. The maximum Gasteiger partial charge on any atom is 0.410 e. The summed E-state index contributed by atoms with van der Waals surface area (Å²) in [5.41, 5.74) is 6.89. The molecule has 248 valence electrons. The zero-order valence-corrected chi connectivity index (χ0v) is 30.6. The SMILES string of the molecule is COCOc1c(-c2[nH]c3ccc(C4CCN(C(=O)OC(C)(C)C)CC4)cc3c2C(C)CO[Si](C)(C)C(C)(C)C)cc(C)nc1C. The highest BCUT2D eigenvalue weighted by atomic mass is 28.4. The van der Waals surface area contributed by atoms with Crippen LogP contribution in [0.25, 0.3) is 22.2 Å². The van der Waals surface area contributed by atoms with Crippen molar-refractivity contribution in [2.24, 2.45) is 0 Å². The zero-order chi connectivity index (χ0) is 33.3. The number of nitrogens with one attached hydrogen (secondary N) is 1. The van der Waals surface area contributed by atoms with E-state index in [4.69, 9.17) is 23.6 Å². The molecule has 45 heavy (non-hydrogen) atoms. The Balaban J connectivity index is 1.75. The molecule has 4 rings (SSSR count). The number of carbonyl (C=O) groups excluding carboxylic acids is 1. The second-order valence-corrected chi connectivity index (χ2v) is 20.0. The van der Waals surface area contributed by atoms with Gasteiger partial charge in [0.25, 0.3) is 0 Å². The number of pyridine rings is 1. The first-order chi connectivity index (χ1) is 20.9. The zero-order valence-electron chi connectivity index (χ0n) is 29.6. The first kappa shape index (κ1) is 35.0. The first-order valence-electron chi connectivity index (χ1n) is 16.3. The fraction of sp³-hybridized carbons (Fsp3) is 0.611. The molecule has 1 saturated heterocycles. The van der Waals surface area contributed by atoms with Crippen molar-refractivity contribution < 1.29 is 23.4 Å². The van der Waals surface area contributed by atoms with Crippen LogP contribution in [0.1, 0.15) is 95.7 Å². The summed E-state index contributed by atoms with van der Waals surface area (Å²) in [6.07, 6.45) is 1.58. The molecule has 9 heteroatoms. The summed E-state index contributed by atoms with van der Waals surface area (Å²) in [6.45, 7) is 25.6. The molecule has 1 amide bonds. The molecule has 8 nitrogen and oxygen atoms in total. The average Bonchev–Trinajstić information content (AvgIpc) is 3.32. The second-order valence-electron chi connectivity index (χ2n) is 15.2. The van der Waals surface area contributed by atoms with Crippen molar-refractivity contribution in [3.05, 3.63) is 46.8 Å². The fourth-order valence-electron chi connectivity index (χ4n) is 5.87. The van der Waals surface area contributed by atoms with Crippen LogP contribution in [0, 0.1) is 13.8 Å². The van der Waals surface area contributed by atoms with Gasteiger partial charge in [0.2, 0.25) is 0 Å². The summed E-state index contributed by atoms with van der Waals surface area (Å²) in [5, 5.41) is 1.32. The first-order valence-corrected chi connectivity index (χ1v) is 19.2. The lowest BCUT2D eigenvalue weighted by Crippen LogP contribution is -2.41. The molecular weight excluding hydrogens is 582 g/mol. The topological polar surface area (TPSA) is 85.9 Å². The van der Waals surface area contributed by atoms with Gasteiger partial charge in [-0.3, -0.25) is 4.98 Å². The summed E-state index contributed by atoms with van der Waals surface area (Å²) in [7, 11) is -0.334. The van der Waals surface area contributed by atoms with Crippen LogP contribution in [-0.4, -0.2) is 68.5 Å². The highest BCUT2D eigenvalue weighted by molar-refractivity contribution is 6.74. The third-order valence-electron chi connectivity index (χ3n) is 9.33. The van der Waals surface area contributed by atoms with E-state index in [0.29, 0.717) is 25.6 Å². The molecule has 1 aromatic carbocycles. The van der Waals surface area contributed by atoms with Crippen LogP contribution in [0.5, 0.6) is 5.75 Å². The van der Waals surface area contributed by atoms with E-state index in [1.807, 2.05) is 39.5 Å². The van der Waals surface area contributed by atoms with Crippen LogP contribution in [-0.2, 0) is 13.9 Å². The van der Waals surface area contributed by atoms with E-state index in [0.717, 1.165) is 46.8 Å². The summed E-state index contributed by atoms with van der Waals surface area (Å²) >= 11 is 0. The van der Waals surface area contributed by atoms with Crippen LogP contribution >= 0.6 is 0 Å². The van der Waals surface area contributed by atoms with Crippen LogP contribution < -0.4 is 4.74 Å². The number of ether oxygens (including phenoxy) is 3. The van der Waals surface area contributed by atoms with E-state index in [1.165, 1.54) is 16.5 Å². The number of H-pyrrole nitrogens is 1. The quantitative estimate of drug-likeness (QED) is 0.186. The number of piperidine rings is 1. The Morgan fingerprint density at radius 1 is 1.09 bits per heavy atom. The monoisotopic (exact) mass is 637 g/mol. The van der Waals surface area contributed by atoms with Crippen molar-refractivity contribution in [2.45, 2.75) is 111 Å². The Hall–Kier alpha value is -2.88. The molecule has 0 aliphatic carbocycles. The molecule has 1 fully saturated rings. The van der Waals surface area contributed by atoms with Crippen LogP contribution in [0.2, 0.25) is 18.1 Å². The van der Waals surface area contributed by atoms with Crippen LogP contribution in [0.15, 0.2) is 24.3 Å². The van der Waals surface area contributed by atoms with Gasteiger partial charge >= 0.3 is 6.09 Å². The molecular formula is C36H55N3O5Si. The fourth-order valence-corrected chi connectivity index (χ4v) is 6.97. The summed E-state index contributed by atoms with van der Waals surface area (Å²) < 4.78 is 23.8. The third-order valence-corrected chi connectivity index (χ3v) is 13.8. The molecule has 3 aromatic rings. The molecule has 1 aliphatic heterocycles. The minimum absolute atomic E-state index is 0.121. The van der Waals surface area contributed by atoms with Gasteiger partial charge in [-0.1, -0.05) is 33.8 Å². The van der Waals surface area contributed by atoms with Gasteiger partial charge in [0.05, 0.1) is 11.4 Å². The second kappa shape index (κ2) is 13.5. The number of hydrogen-bond acceptors (Lipinski definition) is 6. The maximum absolute atomic E-state index is 12.7. The normalized spacial score (nSPS) is 15.9. The molecule has 0 bridgehead atoms. The van der Waals surface area contributed by atoms with Crippen molar-refractivity contribution in [1.82, 2.24) is 14.9 Å². The van der Waals surface area contributed by atoms with Gasteiger partial charge in [-0.15, -0.1) is 0 Å². The number of nitrogens with zero attached hydrogens (tertiary/aromatic N) is 2. The van der Waals surface area contributed by atoms with Gasteiger partial charge < -0.3 is 28.5 Å². The number of fused-ring (bicyclic) bond motifs is 1. The lowest BCUT2D eigenvalue weighted by molar-refractivity contribution is 0.0205. The number of rotatable bonds is 9. The van der Waals surface area contributed by atoms with Crippen molar-refractivity contribution in [2.75, 3.05) is 33.6 Å². The van der Waals surface area contributed by atoms with Gasteiger partial charge in [-0.05, 0) is 101 Å². The largest absolute Gasteiger partial charge is 0.465 e. The predicted octanol–water partition coefficient (Wildman–Crippen LogP) is 9.07. The Kier molecular flexibility index (Phi) is 10.5. The molecule has 1 unspecified atom stereocenters. The van der Waals surface area contributed by atoms with E-state index in [1.54, 1.807) is 7.11 Å².